The third kappa shape index (κ3) is 225. The van der Waals surface area contributed by atoms with Crippen LogP contribution in [0, 0.1) is 0 Å². The first kappa shape index (κ1) is 326. The van der Waals surface area contributed by atoms with Gasteiger partial charge in [0, 0.05) is 65.2 Å². The summed E-state index contributed by atoms with van der Waals surface area (Å²) < 4.78 is 0. The SMILES string of the molecule is N.N.N.N.N.N.N.[AlH3].[AlH3].[AlH3].[AlH3].[Ti].[Ti].[Ti]. The molecule has 92 valence electrons. The van der Waals surface area contributed by atoms with Crippen LogP contribution in [0.2, 0.25) is 0 Å². The average Bonchev–Trinajstić information content (AvgIpc) is 0. The van der Waals surface area contributed by atoms with E-state index in [1.807, 2.05) is 0 Å². The summed E-state index contributed by atoms with van der Waals surface area (Å²) in [7, 11) is 0. The van der Waals surface area contributed by atoms with Crippen LogP contribution >= 0.6 is 0 Å². The van der Waals surface area contributed by atoms with Crippen molar-refractivity contribution in [3.05, 3.63) is 0 Å². The van der Waals surface area contributed by atoms with E-state index in [1.54, 1.807) is 0 Å². The van der Waals surface area contributed by atoms with Crippen molar-refractivity contribution in [2.75, 3.05) is 0 Å². The maximum absolute atomic E-state index is 0. The summed E-state index contributed by atoms with van der Waals surface area (Å²) in [5, 5.41) is 0. The molecule has 0 aromatic carbocycles. The fourth-order valence-corrected chi connectivity index (χ4v) is 0. The summed E-state index contributed by atoms with van der Waals surface area (Å²) in [6, 6.07) is 0. The molecule has 0 rings (SSSR count). The summed E-state index contributed by atoms with van der Waals surface area (Å²) in [6.07, 6.45) is 0. The Hall–Kier alpha value is 3.99. The minimum Gasteiger partial charge on any atom is -0.344 e. The van der Waals surface area contributed by atoms with E-state index in [4.69, 9.17) is 0 Å². The molecule has 0 unspecified atom stereocenters. The largest absolute Gasteiger partial charge is 0.344 e. The molecule has 0 aliphatic carbocycles. The Kier molecular flexibility index (Phi) is 6350. The molecule has 0 saturated heterocycles. The Morgan fingerprint density at radius 1 is 0.214 bits per heavy atom. The maximum Gasteiger partial charge on any atom is 0.187 e. The fraction of sp³-hybridized carbons (Fsp3) is 0. The van der Waals surface area contributed by atoms with Gasteiger partial charge in [-0.25, -0.2) is 0 Å². The van der Waals surface area contributed by atoms with Crippen LogP contribution in [0.5, 0.6) is 0 Å². The van der Waals surface area contributed by atoms with Crippen LogP contribution in [0.15, 0.2) is 0 Å². The number of hydrogen-bond acceptors (Lipinski definition) is 7. The molecule has 14 heavy (non-hydrogen) atoms. The molecule has 0 aromatic heterocycles. The van der Waals surface area contributed by atoms with Gasteiger partial charge in [-0.1, -0.05) is 0 Å². The fourth-order valence-electron chi connectivity index (χ4n) is 0. The third-order valence-electron chi connectivity index (χ3n) is 0. The quantitative estimate of drug-likeness (QED) is 0.207. The van der Waals surface area contributed by atoms with Gasteiger partial charge in [0.05, 0.1) is 0 Å². The van der Waals surface area contributed by atoms with Gasteiger partial charge in [0.15, 0.2) is 69.4 Å². The maximum atomic E-state index is 0. The standard InChI is InChI=1S/4Al.7H3N.3Ti.12H/h;;;;7*1H3;;;;;;;;;;;;;;;. The van der Waals surface area contributed by atoms with Crippen LogP contribution in [0.25, 0.3) is 0 Å². The van der Waals surface area contributed by atoms with Crippen molar-refractivity contribution >= 4 is 69.4 Å². The molecule has 0 aliphatic heterocycles. The van der Waals surface area contributed by atoms with Crippen LogP contribution in [0.4, 0.5) is 0 Å². The van der Waals surface area contributed by atoms with E-state index >= 15 is 0 Å². The van der Waals surface area contributed by atoms with E-state index in [1.165, 1.54) is 0 Å². The third-order valence-corrected chi connectivity index (χ3v) is 0. The van der Waals surface area contributed by atoms with Gasteiger partial charge < -0.3 is 43.1 Å². The van der Waals surface area contributed by atoms with Crippen LogP contribution in [0.1, 0.15) is 0 Å². The Balaban J connectivity index is 0. The van der Waals surface area contributed by atoms with Crippen molar-refractivity contribution in [1.82, 2.24) is 43.1 Å². The smallest absolute Gasteiger partial charge is 0.187 e. The topological polar surface area (TPSA) is 245 Å². The molecule has 0 amide bonds. The minimum atomic E-state index is 0. The Labute approximate surface area is 175 Å². The number of hydrogen-bond donors (Lipinski definition) is 7. The summed E-state index contributed by atoms with van der Waals surface area (Å²) >= 11 is 0. The molecule has 0 saturated carbocycles. The van der Waals surface area contributed by atoms with Gasteiger partial charge in [0.25, 0.3) is 0 Å². The van der Waals surface area contributed by atoms with Crippen molar-refractivity contribution in [3.8, 4) is 0 Å². The molecular formula is H33Al4N7Ti3. The van der Waals surface area contributed by atoms with E-state index in [0.717, 1.165) is 0 Å². The van der Waals surface area contributed by atoms with Crippen LogP contribution in [-0.4, -0.2) is 69.4 Å². The number of rotatable bonds is 0. The zero-order chi connectivity index (χ0) is 0. The van der Waals surface area contributed by atoms with Gasteiger partial charge in [-0.2, -0.15) is 0 Å². The molecular weight excluding hydrogens is 350 g/mol. The molecule has 0 spiro atoms. The molecule has 0 aliphatic rings. The van der Waals surface area contributed by atoms with Crippen molar-refractivity contribution < 1.29 is 65.2 Å². The second-order valence-electron chi connectivity index (χ2n) is 0. The van der Waals surface area contributed by atoms with E-state index in [-0.39, 0.29) is 178 Å². The first-order valence-electron chi connectivity index (χ1n) is 0. The van der Waals surface area contributed by atoms with Crippen molar-refractivity contribution in [3.63, 3.8) is 0 Å². The van der Waals surface area contributed by atoms with Gasteiger partial charge in [-0.3, -0.25) is 0 Å². The zero-order valence-corrected chi connectivity index (χ0v) is 11.1. The molecule has 14 heteroatoms. The molecule has 0 radical (unpaired) electrons. The summed E-state index contributed by atoms with van der Waals surface area (Å²) in [5.41, 5.74) is 0. The van der Waals surface area contributed by atoms with Gasteiger partial charge >= 0.3 is 0 Å². The molecule has 7 nitrogen and oxygen atoms in total. The molecule has 0 heterocycles. The van der Waals surface area contributed by atoms with Gasteiger partial charge in [-0.15, -0.1) is 0 Å². The second kappa shape index (κ2) is 273. The van der Waals surface area contributed by atoms with Crippen LogP contribution in [0.3, 0.4) is 0 Å². The van der Waals surface area contributed by atoms with Gasteiger partial charge in [0.2, 0.25) is 0 Å². The monoisotopic (exact) mass is 383 g/mol. The molecule has 0 bridgehead atoms. The summed E-state index contributed by atoms with van der Waals surface area (Å²) in [5.74, 6) is 0. The summed E-state index contributed by atoms with van der Waals surface area (Å²) in [6.45, 7) is 0. The van der Waals surface area contributed by atoms with Crippen LogP contribution in [-0.2, 0) is 65.2 Å². The Morgan fingerprint density at radius 3 is 0.214 bits per heavy atom. The first-order valence-corrected chi connectivity index (χ1v) is 0. The Morgan fingerprint density at radius 2 is 0.214 bits per heavy atom. The van der Waals surface area contributed by atoms with Gasteiger partial charge in [-0.05, 0) is 0 Å². The normalized spacial score (nSPS) is 0. The van der Waals surface area contributed by atoms with E-state index in [2.05, 4.69) is 0 Å². The van der Waals surface area contributed by atoms with Gasteiger partial charge in [0.1, 0.15) is 0 Å². The predicted molar refractivity (Wildman–Crippen MR) is 74.9 cm³/mol. The summed E-state index contributed by atoms with van der Waals surface area (Å²) in [4.78, 5) is 0. The zero-order valence-electron chi connectivity index (χ0n) is 6.45. The molecule has 0 atom stereocenters. The average molecular weight is 383 g/mol. The molecule has 21 N–H and O–H groups in total. The van der Waals surface area contributed by atoms with E-state index in [0.29, 0.717) is 0 Å². The minimum absolute atomic E-state index is 0. The molecule has 0 fully saturated rings. The Bertz CT molecular complexity index is 20.9. The van der Waals surface area contributed by atoms with Crippen LogP contribution < -0.4 is 43.1 Å². The van der Waals surface area contributed by atoms with Crippen molar-refractivity contribution in [2.45, 2.75) is 0 Å². The first-order chi connectivity index (χ1) is 0. The second-order valence-corrected chi connectivity index (χ2v) is 0. The van der Waals surface area contributed by atoms with E-state index < -0.39 is 0 Å². The van der Waals surface area contributed by atoms with Crippen molar-refractivity contribution in [1.29, 1.82) is 0 Å². The molecule has 0 aromatic rings. The predicted octanol–water partition coefficient (Wildman–Crippen LogP) is -3.61. The van der Waals surface area contributed by atoms with E-state index in [9.17, 15) is 0 Å². The van der Waals surface area contributed by atoms with Crippen molar-refractivity contribution in [2.24, 2.45) is 0 Å².